The molecule has 3 aromatic rings. The van der Waals surface area contributed by atoms with E-state index in [2.05, 4.69) is 15.6 Å². The lowest BCUT2D eigenvalue weighted by Gasteiger charge is -2.16. The minimum absolute atomic E-state index is 0.0669. The van der Waals surface area contributed by atoms with Crippen LogP contribution in [0.2, 0.25) is 5.02 Å². The van der Waals surface area contributed by atoms with Crippen molar-refractivity contribution in [3.63, 3.8) is 0 Å². The minimum atomic E-state index is 0.0669. The maximum atomic E-state index is 6.01. The van der Waals surface area contributed by atoms with Gasteiger partial charge in [0.1, 0.15) is 0 Å². The topological polar surface area (TPSA) is 77.0 Å². The molecule has 0 fully saturated rings. The predicted molar refractivity (Wildman–Crippen MR) is 79.7 cm³/mol. The van der Waals surface area contributed by atoms with Crippen LogP contribution in [0.5, 0.6) is 0 Å². The smallest absolute Gasteiger partial charge is 0.160 e. The summed E-state index contributed by atoms with van der Waals surface area (Å²) in [6.45, 7) is 2.04. The molecule has 1 unspecified atom stereocenters. The van der Waals surface area contributed by atoms with Gasteiger partial charge in [0.05, 0.1) is 11.4 Å². The zero-order valence-corrected chi connectivity index (χ0v) is 11.6. The van der Waals surface area contributed by atoms with Crippen molar-refractivity contribution in [2.45, 2.75) is 13.0 Å². The maximum Gasteiger partial charge on any atom is 0.160 e. The standard InChI is InChI=1S/C14H13ClN4O/c1-8(9-3-2-4-10(15)7-9)17-12-6-5-11(16)13-14(12)19-20-18-13/h2-8,17H,16H2,1H3. The highest BCUT2D eigenvalue weighted by Gasteiger charge is 2.13. The van der Waals surface area contributed by atoms with E-state index in [1.807, 2.05) is 37.3 Å². The van der Waals surface area contributed by atoms with E-state index in [0.717, 1.165) is 11.3 Å². The molecule has 6 heteroatoms. The number of hydrogen-bond donors (Lipinski definition) is 2. The van der Waals surface area contributed by atoms with E-state index in [9.17, 15) is 0 Å². The Hall–Kier alpha value is -2.27. The molecule has 0 spiro atoms. The number of rotatable bonds is 3. The van der Waals surface area contributed by atoms with Gasteiger partial charge in [-0.1, -0.05) is 23.7 Å². The van der Waals surface area contributed by atoms with Gasteiger partial charge >= 0.3 is 0 Å². The van der Waals surface area contributed by atoms with Gasteiger partial charge in [0.15, 0.2) is 11.0 Å². The molecule has 0 aliphatic rings. The molecule has 0 aliphatic carbocycles. The Balaban J connectivity index is 1.93. The number of hydrogen-bond acceptors (Lipinski definition) is 5. The first-order valence-electron chi connectivity index (χ1n) is 6.18. The summed E-state index contributed by atoms with van der Waals surface area (Å²) in [5.74, 6) is 0. The SMILES string of the molecule is CC(Nc1ccc(N)c2nonc12)c1cccc(Cl)c1. The van der Waals surface area contributed by atoms with Crippen molar-refractivity contribution < 1.29 is 4.63 Å². The molecule has 0 saturated heterocycles. The first-order chi connectivity index (χ1) is 9.65. The number of aromatic nitrogens is 2. The van der Waals surface area contributed by atoms with Crippen LogP contribution >= 0.6 is 11.6 Å². The molecule has 1 atom stereocenters. The molecule has 1 heterocycles. The van der Waals surface area contributed by atoms with Gasteiger partial charge in [0, 0.05) is 11.1 Å². The van der Waals surface area contributed by atoms with Crippen molar-refractivity contribution in [1.29, 1.82) is 0 Å². The summed E-state index contributed by atoms with van der Waals surface area (Å²) < 4.78 is 4.75. The van der Waals surface area contributed by atoms with E-state index >= 15 is 0 Å². The predicted octanol–water partition coefficient (Wildman–Crippen LogP) is 3.63. The number of nitrogen functional groups attached to an aromatic ring is 1. The van der Waals surface area contributed by atoms with E-state index in [-0.39, 0.29) is 6.04 Å². The van der Waals surface area contributed by atoms with Crippen LogP contribution in [0.1, 0.15) is 18.5 Å². The quantitative estimate of drug-likeness (QED) is 0.720. The summed E-state index contributed by atoms with van der Waals surface area (Å²) in [6.07, 6.45) is 0. The average Bonchev–Trinajstić information content (AvgIpc) is 2.92. The van der Waals surface area contributed by atoms with Crippen LogP contribution in [0.4, 0.5) is 11.4 Å². The third-order valence-corrected chi connectivity index (χ3v) is 3.40. The van der Waals surface area contributed by atoms with Crippen molar-refractivity contribution in [2.24, 2.45) is 0 Å². The molecule has 0 amide bonds. The normalized spacial score (nSPS) is 12.5. The number of halogens is 1. The lowest BCUT2D eigenvalue weighted by atomic mass is 10.1. The number of nitrogens with two attached hydrogens (primary N) is 1. The Kier molecular flexibility index (Phi) is 3.20. The summed E-state index contributed by atoms with van der Waals surface area (Å²) in [7, 11) is 0. The lowest BCUT2D eigenvalue weighted by Crippen LogP contribution is -2.07. The number of benzene rings is 2. The zero-order valence-electron chi connectivity index (χ0n) is 10.8. The second kappa shape index (κ2) is 5.02. The van der Waals surface area contributed by atoms with Crippen LogP contribution in [0.15, 0.2) is 41.0 Å². The molecule has 1 aromatic heterocycles. The highest BCUT2D eigenvalue weighted by molar-refractivity contribution is 6.30. The first kappa shape index (κ1) is 12.7. The van der Waals surface area contributed by atoms with Gasteiger partial charge in [-0.05, 0) is 47.1 Å². The van der Waals surface area contributed by atoms with Gasteiger partial charge in [-0.3, -0.25) is 0 Å². The summed E-state index contributed by atoms with van der Waals surface area (Å²) in [6, 6.07) is 11.4. The van der Waals surface area contributed by atoms with Crippen molar-refractivity contribution >= 4 is 34.0 Å². The third kappa shape index (κ3) is 2.28. The molecule has 3 N–H and O–H groups in total. The van der Waals surface area contributed by atoms with E-state index < -0.39 is 0 Å². The first-order valence-corrected chi connectivity index (χ1v) is 6.55. The molecule has 0 saturated carbocycles. The van der Waals surface area contributed by atoms with Crippen molar-refractivity contribution in [2.75, 3.05) is 11.1 Å². The van der Waals surface area contributed by atoms with Gasteiger partial charge in [0.25, 0.3) is 0 Å². The fourth-order valence-electron chi connectivity index (χ4n) is 2.09. The second-order valence-corrected chi connectivity index (χ2v) is 5.02. The van der Waals surface area contributed by atoms with Crippen molar-refractivity contribution in [3.05, 3.63) is 47.0 Å². The molecule has 102 valence electrons. The summed E-state index contributed by atoms with van der Waals surface area (Å²) in [4.78, 5) is 0. The minimum Gasteiger partial charge on any atom is -0.397 e. The van der Waals surface area contributed by atoms with Crippen LogP contribution in [-0.4, -0.2) is 10.3 Å². The Bertz CT molecular complexity index is 756. The van der Waals surface area contributed by atoms with E-state index in [4.69, 9.17) is 22.0 Å². The largest absolute Gasteiger partial charge is 0.397 e. The highest BCUT2D eigenvalue weighted by Crippen LogP contribution is 2.28. The van der Waals surface area contributed by atoms with Crippen LogP contribution in [0, 0.1) is 0 Å². The number of nitrogens with zero attached hydrogens (tertiary/aromatic N) is 2. The monoisotopic (exact) mass is 288 g/mol. The fraction of sp³-hybridized carbons (Fsp3) is 0.143. The third-order valence-electron chi connectivity index (χ3n) is 3.17. The van der Waals surface area contributed by atoms with Crippen LogP contribution in [-0.2, 0) is 0 Å². The van der Waals surface area contributed by atoms with Gasteiger partial charge < -0.3 is 11.1 Å². The second-order valence-electron chi connectivity index (χ2n) is 4.58. The van der Waals surface area contributed by atoms with Crippen molar-refractivity contribution in [3.8, 4) is 0 Å². The van der Waals surface area contributed by atoms with Gasteiger partial charge in [-0.2, -0.15) is 0 Å². The van der Waals surface area contributed by atoms with E-state index in [1.165, 1.54) is 0 Å². The number of nitrogens with one attached hydrogen (secondary N) is 1. The summed E-state index contributed by atoms with van der Waals surface area (Å²) in [5, 5.41) is 11.8. The Morgan fingerprint density at radius 2 is 2.00 bits per heavy atom. The Labute approximate surface area is 120 Å². The fourth-order valence-corrected chi connectivity index (χ4v) is 2.29. The molecular formula is C14H13ClN4O. The maximum absolute atomic E-state index is 6.01. The zero-order chi connectivity index (χ0) is 14.1. The molecule has 5 nitrogen and oxygen atoms in total. The van der Waals surface area contributed by atoms with Crippen LogP contribution < -0.4 is 11.1 Å². The molecule has 0 bridgehead atoms. The molecular weight excluding hydrogens is 276 g/mol. The molecule has 0 aliphatic heterocycles. The molecule has 2 aromatic carbocycles. The molecule has 20 heavy (non-hydrogen) atoms. The van der Waals surface area contributed by atoms with Gasteiger partial charge in [-0.15, -0.1) is 0 Å². The Morgan fingerprint density at radius 3 is 2.80 bits per heavy atom. The van der Waals surface area contributed by atoms with Gasteiger partial charge in [-0.25, -0.2) is 4.63 Å². The van der Waals surface area contributed by atoms with E-state index in [0.29, 0.717) is 21.7 Å². The number of fused-ring (bicyclic) bond motifs is 1. The summed E-state index contributed by atoms with van der Waals surface area (Å²) in [5.41, 5.74) is 9.46. The Morgan fingerprint density at radius 1 is 1.20 bits per heavy atom. The summed E-state index contributed by atoms with van der Waals surface area (Å²) >= 11 is 6.01. The van der Waals surface area contributed by atoms with Crippen molar-refractivity contribution in [1.82, 2.24) is 10.3 Å². The van der Waals surface area contributed by atoms with Gasteiger partial charge in [0.2, 0.25) is 0 Å². The average molecular weight is 289 g/mol. The number of anilines is 2. The highest BCUT2D eigenvalue weighted by atomic mass is 35.5. The lowest BCUT2D eigenvalue weighted by molar-refractivity contribution is 0.315. The van der Waals surface area contributed by atoms with E-state index in [1.54, 1.807) is 6.07 Å². The van der Waals surface area contributed by atoms with Crippen LogP contribution in [0.25, 0.3) is 11.0 Å². The molecule has 3 rings (SSSR count). The van der Waals surface area contributed by atoms with Crippen LogP contribution in [0.3, 0.4) is 0 Å². The molecule has 0 radical (unpaired) electrons.